The Hall–Kier alpha value is -1.26. The van der Waals surface area contributed by atoms with Crippen LogP contribution in [0.5, 0.6) is 0 Å². The Morgan fingerprint density at radius 3 is 2.47 bits per heavy atom. The van der Waals surface area contributed by atoms with Crippen molar-refractivity contribution in [2.45, 2.75) is 46.1 Å². The molecule has 0 spiro atoms. The van der Waals surface area contributed by atoms with Gasteiger partial charge in [-0.05, 0) is 25.2 Å². The molecule has 1 aliphatic rings. The number of amidine groups is 1. The van der Waals surface area contributed by atoms with Crippen molar-refractivity contribution < 1.29 is 10.0 Å². The maximum Gasteiger partial charge on any atom is 0.233 e. The smallest absolute Gasteiger partial charge is 0.233 e. The number of nitrogens with two attached hydrogens (primary N) is 1. The highest BCUT2D eigenvalue weighted by molar-refractivity contribution is 6.02. The van der Waals surface area contributed by atoms with E-state index in [-0.39, 0.29) is 11.7 Å². The predicted molar refractivity (Wildman–Crippen MR) is 66.8 cm³/mol. The highest BCUT2D eigenvalue weighted by Crippen LogP contribution is 2.29. The lowest BCUT2D eigenvalue weighted by atomic mass is 10.0. The van der Waals surface area contributed by atoms with E-state index in [0.717, 1.165) is 19.4 Å². The number of carbonyl (C=O) groups is 1. The summed E-state index contributed by atoms with van der Waals surface area (Å²) in [6, 6.07) is 0.366. The van der Waals surface area contributed by atoms with Crippen LogP contribution in [-0.4, -0.2) is 34.4 Å². The van der Waals surface area contributed by atoms with Gasteiger partial charge < -0.3 is 15.8 Å². The standard InChI is InChI=1S/C12H23N3O2/c1-4-10(11(13)14-17)12(16)15(7-8(2)3)9-5-6-9/h8-10,17H,4-7H2,1-3H3,(H2,13,14). The number of hydrogen-bond acceptors (Lipinski definition) is 3. The minimum Gasteiger partial charge on any atom is -0.409 e. The van der Waals surface area contributed by atoms with Gasteiger partial charge in [-0.25, -0.2) is 0 Å². The molecule has 17 heavy (non-hydrogen) atoms. The van der Waals surface area contributed by atoms with Crippen molar-refractivity contribution in [2.75, 3.05) is 6.54 Å². The molecule has 1 fully saturated rings. The molecular formula is C12H23N3O2. The van der Waals surface area contributed by atoms with Gasteiger partial charge in [0.2, 0.25) is 5.91 Å². The number of hydrogen-bond donors (Lipinski definition) is 2. The maximum atomic E-state index is 12.3. The fourth-order valence-corrected chi connectivity index (χ4v) is 1.98. The second kappa shape index (κ2) is 5.89. The molecule has 0 aromatic heterocycles. The van der Waals surface area contributed by atoms with Crippen LogP contribution in [0.2, 0.25) is 0 Å². The van der Waals surface area contributed by atoms with Crippen LogP contribution in [-0.2, 0) is 4.79 Å². The molecule has 0 heterocycles. The molecule has 5 heteroatoms. The second-order valence-corrected chi connectivity index (χ2v) is 5.10. The largest absolute Gasteiger partial charge is 0.409 e. The summed E-state index contributed by atoms with van der Waals surface area (Å²) in [5.41, 5.74) is 5.57. The molecular weight excluding hydrogens is 218 g/mol. The lowest BCUT2D eigenvalue weighted by Gasteiger charge is -2.28. The third kappa shape index (κ3) is 3.61. The number of nitrogens with zero attached hydrogens (tertiary/aromatic N) is 2. The van der Waals surface area contributed by atoms with E-state index in [9.17, 15) is 4.79 Å². The molecule has 1 saturated carbocycles. The molecule has 98 valence electrons. The summed E-state index contributed by atoms with van der Waals surface area (Å²) in [6.07, 6.45) is 2.71. The minimum atomic E-state index is -0.487. The quantitative estimate of drug-likeness (QED) is 0.319. The van der Waals surface area contributed by atoms with E-state index >= 15 is 0 Å². The summed E-state index contributed by atoms with van der Waals surface area (Å²) in [5.74, 6) is -0.0328. The third-order valence-electron chi connectivity index (χ3n) is 3.01. The molecule has 1 aliphatic carbocycles. The normalized spacial score (nSPS) is 18.2. The first kappa shape index (κ1) is 13.8. The fourth-order valence-electron chi connectivity index (χ4n) is 1.98. The summed E-state index contributed by atoms with van der Waals surface area (Å²) in [6.45, 7) is 6.81. The average Bonchev–Trinajstić information content (AvgIpc) is 3.09. The molecule has 1 amide bonds. The van der Waals surface area contributed by atoms with Gasteiger partial charge in [0.05, 0.1) is 5.92 Å². The number of rotatable bonds is 6. The predicted octanol–water partition coefficient (Wildman–Crippen LogP) is 1.41. The van der Waals surface area contributed by atoms with Crippen LogP contribution >= 0.6 is 0 Å². The van der Waals surface area contributed by atoms with Crippen molar-refractivity contribution in [3.63, 3.8) is 0 Å². The summed E-state index contributed by atoms with van der Waals surface area (Å²) in [7, 11) is 0. The molecule has 0 bridgehead atoms. The van der Waals surface area contributed by atoms with E-state index in [1.807, 2.05) is 11.8 Å². The van der Waals surface area contributed by atoms with Crippen molar-refractivity contribution in [2.24, 2.45) is 22.7 Å². The van der Waals surface area contributed by atoms with Gasteiger partial charge in [0.15, 0.2) is 5.84 Å². The Labute approximate surface area is 103 Å². The first-order chi connectivity index (χ1) is 8.01. The van der Waals surface area contributed by atoms with E-state index in [2.05, 4.69) is 19.0 Å². The van der Waals surface area contributed by atoms with E-state index < -0.39 is 5.92 Å². The van der Waals surface area contributed by atoms with Gasteiger partial charge in [-0.2, -0.15) is 0 Å². The van der Waals surface area contributed by atoms with Gasteiger partial charge in [0.1, 0.15) is 0 Å². The summed E-state index contributed by atoms with van der Waals surface area (Å²) in [4.78, 5) is 14.2. The van der Waals surface area contributed by atoms with Crippen LogP contribution in [0.4, 0.5) is 0 Å². The van der Waals surface area contributed by atoms with E-state index in [1.54, 1.807) is 0 Å². The second-order valence-electron chi connectivity index (χ2n) is 5.10. The number of amides is 1. The minimum absolute atomic E-state index is 0.000926. The molecule has 1 atom stereocenters. The van der Waals surface area contributed by atoms with Crippen molar-refractivity contribution in [1.29, 1.82) is 0 Å². The van der Waals surface area contributed by atoms with Crippen LogP contribution in [0.25, 0.3) is 0 Å². The van der Waals surface area contributed by atoms with Crippen molar-refractivity contribution in [3.8, 4) is 0 Å². The van der Waals surface area contributed by atoms with Gasteiger partial charge in [-0.15, -0.1) is 0 Å². The highest BCUT2D eigenvalue weighted by Gasteiger charge is 2.36. The highest BCUT2D eigenvalue weighted by atomic mass is 16.4. The van der Waals surface area contributed by atoms with E-state index in [0.29, 0.717) is 18.4 Å². The molecule has 0 radical (unpaired) electrons. The van der Waals surface area contributed by atoms with Crippen LogP contribution in [0, 0.1) is 11.8 Å². The van der Waals surface area contributed by atoms with Gasteiger partial charge in [0.25, 0.3) is 0 Å². The summed E-state index contributed by atoms with van der Waals surface area (Å²) >= 11 is 0. The van der Waals surface area contributed by atoms with E-state index in [1.165, 1.54) is 0 Å². The van der Waals surface area contributed by atoms with Crippen LogP contribution < -0.4 is 5.73 Å². The van der Waals surface area contributed by atoms with Crippen LogP contribution in [0.3, 0.4) is 0 Å². The zero-order valence-corrected chi connectivity index (χ0v) is 10.9. The Balaban J connectivity index is 2.75. The first-order valence-electron chi connectivity index (χ1n) is 6.29. The maximum absolute atomic E-state index is 12.3. The molecule has 5 nitrogen and oxygen atoms in total. The van der Waals surface area contributed by atoms with Crippen LogP contribution in [0.15, 0.2) is 5.16 Å². The van der Waals surface area contributed by atoms with Crippen molar-refractivity contribution in [1.82, 2.24) is 4.90 Å². The first-order valence-corrected chi connectivity index (χ1v) is 6.29. The Morgan fingerprint density at radius 2 is 2.12 bits per heavy atom. The zero-order valence-electron chi connectivity index (χ0n) is 10.9. The van der Waals surface area contributed by atoms with Gasteiger partial charge in [-0.1, -0.05) is 25.9 Å². The molecule has 0 aromatic carbocycles. The zero-order chi connectivity index (χ0) is 13.0. The molecule has 1 rings (SSSR count). The Bertz CT molecular complexity index is 298. The lowest BCUT2D eigenvalue weighted by Crippen LogP contribution is -2.44. The molecule has 0 aromatic rings. The number of carbonyl (C=O) groups excluding carboxylic acids is 1. The van der Waals surface area contributed by atoms with Crippen LogP contribution in [0.1, 0.15) is 40.0 Å². The SMILES string of the molecule is CCC(C(=O)N(CC(C)C)C1CC1)C(N)=NO. The number of oxime groups is 1. The fraction of sp³-hybridized carbons (Fsp3) is 0.833. The van der Waals surface area contributed by atoms with Gasteiger partial charge in [-0.3, -0.25) is 4.79 Å². The monoisotopic (exact) mass is 241 g/mol. The van der Waals surface area contributed by atoms with Gasteiger partial charge in [0, 0.05) is 12.6 Å². The third-order valence-corrected chi connectivity index (χ3v) is 3.01. The molecule has 0 aliphatic heterocycles. The molecule has 3 N–H and O–H groups in total. The van der Waals surface area contributed by atoms with Gasteiger partial charge >= 0.3 is 0 Å². The van der Waals surface area contributed by atoms with Crippen molar-refractivity contribution in [3.05, 3.63) is 0 Å². The van der Waals surface area contributed by atoms with Crippen molar-refractivity contribution >= 4 is 11.7 Å². The summed E-state index contributed by atoms with van der Waals surface area (Å²) < 4.78 is 0. The average molecular weight is 241 g/mol. The lowest BCUT2D eigenvalue weighted by molar-refractivity contribution is -0.134. The van der Waals surface area contributed by atoms with E-state index in [4.69, 9.17) is 10.9 Å². The molecule has 1 unspecified atom stereocenters. The summed E-state index contributed by atoms with van der Waals surface area (Å²) in [5, 5.41) is 11.7. The topological polar surface area (TPSA) is 78.9 Å². The molecule has 0 saturated heterocycles. The Kier molecular flexibility index (Phi) is 4.78. The Morgan fingerprint density at radius 1 is 1.53 bits per heavy atom.